The van der Waals surface area contributed by atoms with Gasteiger partial charge in [0.15, 0.2) is 0 Å². The summed E-state index contributed by atoms with van der Waals surface area (Å²) in [5.74, 6) is -1.04. The number of nitrogens with one attached hydrogen (secondary N) is 1. The van der Waals surface area contributed by atoms with Crippen molar-refractivity contribution < 1.29 is 9.90 Å². The van der Waals surface area contributed by atoms with Crippen molar-refractivity contribution in [2.45, 2.75) is 13.5 Å². The molecule has 0 aliphatic heterocycles. The minimum atomic E-state index is -1.04. The highest BCUT2D eigenvalue weighted by Crippen LogP contribution is 2.26. The van der Waals surface area contributed by atoms with Crippen LogP contribution in [0.5, 0.6) is 0 Å². The molecule has 0 unspecified atom stereocenters. The smallest absolute Gasteiger partial charge is 0.346 e. The Kier molecular flexibility index (Phi) is 4.18. The number of carbonyl (C=O) groups is 1. The molecule has 0 saturated heterocycles. The maximum Gasteiger partial charge on any atom is 0.346 e. The molecule has 1 aromatic carbocycles. The molecule has 2 aromatic heterocycles. The van der Waals surface area contributed by atoms with E-state index >= 15 is 0 Å². The second-order valence-corrected chi connectivity index (χ2v) is 6.84. The van der Waals surface area contributed by atoms with Crippen LogP contribution in [0.4, 0.5) is 0 Å². The molecule has 3 aromatic rings. The number of carboxylic acids is 1. The number of carboxylic acid groups (broad SMARTS) is 1. The van der Waals surface area contributed by atoms with Crippen LogP contribution in [0.1, 0.15) is 20.8 Å². The highest BCUT2D eigenvalue weighted by atomic mass is 79.9. The van der Waals surface area contributed by atoms with Crippen LogP contribution in [0, 0.1) is 6.92 Å². The first-order valence-corrected chi connectivity index (χ1v) is 8.30. The average Bonchev–Trinajstić information content (AvgIpc) is 2.86. The molecule has 0 radical (unpaired) electrons. The van der Waals surface area contributed by atoms with Crippen molar-refractivity contribution in [3.8, 4) is 0 Å². The molecular weight excluding hydrogens is 382 g/mol. The maximum atomic E-state index is 12.5. The van der Waals surface area contributed by atoms with Crippen LogP contribution < -0.4 is 11.0 Å². The molecular formula is C15H12BrN3O3S. The zero-order valence-corrected chi connectivity index (χ0v) is 14.4. The summed E-state index contributed by atoms with van der Waals surface area (Å²) < 4.78 is 2.27. The van der Waals surface area contributed by atoms with Gasteiger partial charge in [0.05, 0.1) is 11.9 Å². The van der Waals surface area contributed by atoms with Gasteiger partial charge in [0.25, 0.3) is 5.56 Å². The number of rotatable bonds is 4. The van der Waals surface area contributed by atoms with E-state index in [0.29, 0.717) is 22.3 Å². The third-order valence-corrected chi connectivity index (χ3v) is 5.13. The zero-order chi connectivity index (χ0) is 16.6. The van der Waals surface area contributed by atoms with Gasteiger partial charge >= 0.3 is 5.97 Å². The minimum Gasteiger partial charge on any atom is -0.477 e. The Hall–Kier alpha value is -2.19. The van der Waals surface area contributed by atoms with E-state index in [2.05, 4.69) is 26.3 Å². The van der Waals surface area contributed by atoms with Crippen LogP contribution in [0.15, 0.2) is 39.9 Å². The number of aromatic carboxylic acids is 1. The van der Waals surface area contributed by atoms with E-state index in [-0.39, 0.29) is 10.4 Å². The molecule has 0 amide bonds. The van der Waals surface area contributed by atoms with Crippen molar-refractivity contribution >= 4 is 43.5 Å². The second kappa shape index (κ2) is 6.13. The quantitative estimate of drug-likeness (QED) is 0.711. The van der Waals surface area contributed by atoms with Crippen molar-refractivity contribution in [2.24, 2.45) is 0 Å². The number of aromatic nitrogens is 2. The van der Waals surface area contributed by atoms with E-state index in [1.165, 1.54) is 11.0 Å². The van der Waals surface area contributed by atoms with E-state index in [9.17, 15) is 9.59 Å². The Labute approximate surface area is 143 Å². The van der Waals surface area contributed by atoms with Crippen LogP contribution in [-0.2, 0) is 6.54 Å². The lowest BCUT2D eigenvalue weighted by molar-refractivity contribution is 0.0701. The van der Waals surface area contributed by atoms with Gasteiger partial charge in [-0.25, -0.2) is 14.5 Å². The average molecular weight is 394 g/mol. The Balaban J connectivity index is 1.94. The SMILES string of the molecule is Cc1c(C(=O)O)sc2ncn(NCc3ccc(Br)cc3)c(=O)c12. The molecule has 118 valence electrons. The van der Waals surface area contributed by atoms with E-state index < -0.39 is 5.97 Å². The zero-order valence-electron chi connectivity index (χ0n) is 12.0. The molecule has 0 saturated carbocycles. The van der Waals surface area contributed by atoms with Crippen molar-refractivity contribution in [3.63, 3.8) is 0 Å². The summed E-state index contributed by atoms with van der Waals surface area (Å²) in [4.78, 5) is 28.5. The molecule has 6 nitrogen and oxygen atoms in total. The van der Waals surface area contributed by atoms with Gasteiger partial charge in [-0.3, -0.25) is 4.79 Å². The van der Waals surface area contributed by atoms with E-state index in [0.717, 1.165) is 21.4 Å². The number of nitrogens with zero attached hydrogens (tertiary/aromatic N) is 2. The lowest BCUT2D eigenvalue weighted by atomic mass is 10.2. The molecule has 2 heterocycles. The first kappa shape index (κ1) is 15.7. The number of thiophene rings is 1. The summed E-state index contributed by atoms with van der Waals surface area (Å²) in [6.07, 6.45) is 1.38. The number of halogens is 1. The van der Waals surface area contributed by atoms with Gasteiger partial charge < -0.3 is 10.5 Å². The van der Waals surface area contributed by atoms with Gasteiger partial charge in [0, 0.05) is 4.47 Å². The highest BCUT2D eigenvalue weighted by Gasteiger charge is 2.18. The predicted molar refractivity (Wildman–Crippen MR) is 92.8 cm³/mol. The Morgan fingerprint density at radius 1 is 1.39 bits per heavy atom. The highest BCUT2D eigenvalue weighted by molar-refractivity contribution is 9.10. The number of benzene rings is 1. The Bertz CT molecular complexity index is 947. The molecule has 0 fully saturated rings. The molecule has 0 spiro atoms. The summed E-state index contributed by atoms with van der Waals surface area (Å²) in [6, 6.07) is 7.71. The fourth-order valence-electron chi connectivity index (χ4n) is 2.22. The fourth-order valence-corrected chi connectivity index (χ4v) is 3.46. The summed E-state index contributed by atoms with van der Waals surface area (Å²) >= 11 is 4.38. The second-order valence-electron chi connectivity index (χ2n) is 4.92. The molecule has 8 heteroatoms. The van der Waals surface area contributed by atoms with Gasteiger partial charge in [-0.1, -0.05) is 28.1 Å². The fraction of sp³-hybridized carbons (Fsp3) is 0.133. The maximum absolute atomic E-state index is 12.5. The van der Waals surface area contributed by atoms with Crippen LogP contribution in [0.3, 0.4) is 0 Å². The van der Waals surface area contributed by atoms with Crippen LogP contribution in [-0.4, -0.2) is 20.7 Å². The minimum absolute atomic E-state index is 0.148. The molecule has 0 aliphatic rings. The first-order valence-electron chi connectivity index (χ1n) is 6.69. The molecule has 3 rings (SSSR count). The van der Waals surface area contributed by atoms with Gasteiger partial charge in [-0.05, 0) is 30.2 Å². The molecule has 0 aliphatic carbocycles. The van der Waals surface area contributed by atoms with Crippen LogP contribution >= 0.6 is 27.3 Å². The molecule has 0 atom stereocenters. The van der Waals surface area contributed by atoms with Gasteiger partial charge in [0.2, 0.25) is 0 Å². The third kappa shape index (κ3) is 2.99. The topological polar surface area (TPSA) is 84.2 Å². The van der Waals surface area contributed by atoms with Crippen molar-refractivity contribution in [3.05, 3.63) is 61.4 Å². The Morgan fingerprint density at radius 2 is 2.09 bits per heavy atom. The van der Waals surface area contributed by atoms with Crippen LogP contribution in [0.25, 0.3) is 10.2 Å². The Morgan fingerprint density at radius 3 is 2.74 bits per heavy atom. The standard InChI is InChI=1S/C15H12BrN3O3S/c1-8-11-13(23-12(8)15(21)22)17-7-19(14(11)20)18-6-9-2-4-10(16)5-3-9/h2-5,7,18H,6H2,1H3,(H,21,22). The lowest BCUT2D eigenvalue weighted by Crippen LogP contribution is -2.28. The van der Waals surface area contributed by atoms with Crippen LogP contribution in [0.2, 0.25) is 0 Å². The van der Waals surface area contributed by atoms with Crippen molar-refractivity contribution in [2.75, 3.05) is 5.43 Å². The van der Waals surface area contributed by atoms with E-state index in [1.807, 2.05) is 24.3 Å². The summed E-state index contributed by atoms with van der Waals surface area (Å²) in [7, 11) is 0. The van der Waals surface area contributed by atoms with Gasteiger partial charge in [0.1, 0.15) is 16.0 Å². The molecule has 2 N–H and O–H groups in total. The van der Waals surface area contributed by atoms with Gasteiger partial charge in [-0.2, -0.15) is 0 Å². The monoisotopic (exact) mass is 393 g/mol. The van der Waals surface area contributed by atoms with E-state index in [4.69, 9.17) is 5.11 Å². The largest absolute Gasteiger partial charge is 0.477 e. The van der Waals surface area contributed by atoms with E-state index in [1.54, 1.807) is 6.92 Å². The normalized spacial score (nSPS) is 10.9. The molecule has 0 bridgehead atoms. The summed E-state index contributed by atoms with van der Waals surface area (Å²) in [5, 5.41) is 9.50. The summed E-state index contributed by atoms with van der Waals surface area (Å²) in [6.45, 7) is 2.08. The number of hydrogen-bond donors (Lipinski definition) is 2. The lowest BCUT2D eigenvalue weighted by Gasteiger charge is -2.09. The van der Waals surface area contributed by atoms with Crippen molar-refractivity contribution in [1.82, 2.24) is 9.66 Å². The summed E-state index contributed by atoms with van der Waals surface area (Å²) in [5.41, 5.74) is 4.15. The number of fused-ring (bicyclic) bond motifs is 1. The first-order chi connectivity index (χ1) is 11.0. The van der Waals surface area contributed by atoms with Crippen molar-refractivity contribution in [1.29, 1.82) is 0 Å². The molecule has 23 heavy (non-hydrogen) atoms. The number of aryl methyl sites for hydroxylation is 1. The van der Waals surface area contributed by atoms with Gasteiger partial charge in [-0.15, -0.1) is 11.3 Å². The number of hydrogen-bond acceptors (Lipinski definition) is 5. The third-order valence-electron chi connectivity index (χ3n) is 3.41. The predicted octanol–water partition coefficient (Wildman–Crippen LogP) is 2.97.